The van der Waals surface area contributed by atoms with Gasteiger partial charge in [-0.2, -0.15) is 0 Å². The molecule has 3 fully saturated rings. The Hall–Kier alpha value is -1.20. The Balaban J connectivity index is 1.95. The van der Waals surface area contributed by atoms with E-state index in [1.807, 2.05) is 26.0 Å². The van der Waals surface area contributed by atoms with E-state index in [1.54, 1.807) is 0 Å². The molecular formula is C18H24BrNO3. The number of benzene rings is 1. The molecule has 1 N–H and O–H groups in total. The summed E-state index contributed by atoms with van der Waals surface area (Å²) in [7, 11) is 0. The molecule has 0 saturated carbocycles. The summed E-state index contributed by atoms with van der Waals surface area (Å²) < 4.78 is 12.3. The van der Waals surface area contributed by atoms with Gasteiger partial charge in [0.1, 0.15) is 0 Å². The molecule has 3 saturated heterocycles. The van der Waals surface area contributed by atoms with Crippen LogP contribution in [0.25, 0.3) is 6.08 Å². The van der Waals surface area contributed by atoms with Crippen LogP contribution in [0.4, 0.5) is 0 Å². The van der Waals surface area contributed by atoms with Crippen molar-refractivity contribution in [2.75, 3.05) is 26.3 Å². The number of aliphatic hydroxyl groups excluding tert-OH is 1. The lowest BCUT2D eigenvalue weighted by Gasteiger charge is -2.46. The average Bonchev–Trinajstić information content (AvgIpc) is 2.55. The van der Waals surface area contributed by atoms with Gasteiger partial charge in [0.05, 0.1) is 23.8 Å². The number of rotatable bonds is 5. The van der Waals surface area contributed by atoms with Crippen molar-refractivity contribution in [3.63, 3.8) is 0 Å². The van der Waals surface area contributed by atoms with Gasteiger partial charge in [-0.3, -0.25) is 0 Å². The highest BCUT2D eigenvalue weighted by Crippen LogP contribution is 2.39. The molecule has 23 heavy (non-hydrogen) atoms. The van der Waals surface area contributed by atoms with E-state index in [1.165, 1.54) is 0 Å². The normalized spacial score (nSPS) is 25.0. The van der Waals surface area contributed by atoms with Crippen molar-refractivity contribution in [3.8, 4) is 11.5 Å². The van der Waals surface area contributed by atoms with Gasteiger partial charge < -0.3 is 19.5 Å². The molecule has 126 valence electrons. The summed E-state index contributed by atoms with van der Waals surface area (Å²) in [4.78, 5) is 2.30. The zero-order valence-electron chi connectivity index (χ0n) is 13.7. The van der Waals surface area contributed by atoms with Crippen molar-refractivity contribution < 1.29 is 14.6 Å². The van der Waals surface area contributed by atoms with Crippen molar-refractivity contribution in [3.05, 3.63) is 27.9 Å². The molecule has 3 aliphatic heterocycles. The molecule has 1 atom stereocenters. The fraction of sp³-hybridized carbons (Fsp3) is 0.556. The van der Waals surface area contributed by atoms with Gasteiger partial charge in [0.2, 0.25) is 0 Å². The van der Waals surface area contributed by atoms with Gasteiger partial charge in [-0.25, -0.2) is 0 Å². The van der Waals surface area contributed by atoms with E-state index in [2.05, 4.69) is 26.9 Å². The number of hydrogen-bond donors (Lipinski definition) is 1. The Morgan fingerprint density at radius 3 is 2.52 bits per heavy atom. The smallest absolute Gasteiger partial charge is 0.175 e. The third-order valence-electron chi connectivity index (χ3n) is 4.59. The predicted molar refractivity (Wildman–Crippen MR) is 94.8 cm³/mol. The standard InChI is InChI=1S/C18H24BrNO3/c1-3-22-16-11-12(9-14(19)18(16)23-4-2)10-15-17(21)13-5-7-20(15)8-6-13/h9-11,13,17,21H,3-8H2,1-2H3/b15-10+/t17-/m0/s1. The number of ether oxygens (including phenoxy) is 2. The summed E-state index contributed by atoms with van der Waals surface area (Å²) in [5.74, 6) is 1.88. The summed E-state index contributed by atoms with van der Waals surface area (Å²) in [5, 5.41) is 10.5. The topological polar surface area (TPSA) is 41.9 Å². The summed E-state index contributed by atoms with van der Waals surface area (Å²) in [5.41, 5.74) is 2.05. The van der Waals surface area contributed by atoms with Crippen LogP contribution in [0, 0.1) is 5.92 Å². The predicted octanol–water partition coefficient (Wildman–Crippen LogP) is 3.67. The zero-order chi connectivity index (χ0) is 16.4. The molecule has 0 aromatic heterocycles. The van der Waals surface area contributed by atoms with Crippen LogP contribution in [-0.4, -0.2) is 42.4 Å². The summed E-state index contributed by atoms with van der Waals surface area (Å²) in [6.45, 7) is 7.19. The van der Waals surface area contributed by atoms with Crippen molar-refractivity contribution >= 4 is 22.0 Å². The van der Waals surface area contributed by atoms with E-state index in [4.69, 9.17) is 9.47 Å². The lowest BCUT2D eigenvalue weighted by Crippen LogP contribution is -2.48. The van der Waals surface area contributed by atoms with Crippen LogP contribution in [-0.2, 0) is 0 Å². The minimum atomic E-state index is -0.349. The third kappa shape index (κ3) is 3.36. The van der Waals surface area contributed by atoms with E-state index in [0.717, 1.165) is 53.2 Å². The molecule has 1 aromatic carbocycles. The van der Waals surface area contributed by atoms with Gasteiger partial charge in [-0.1, -0.05) is 0 Å². The molecule has 3 aliphatic rings. The second-order valence-corrected chi connectivity index (χ2v) is 6.89. The molecule has 0 spiro atoms. The van der Waals surface area contributed by atoms with E-state index >= 15 is 0 Å². The van der Waals surface area contributed by atoms with Crippen LogP contribution in [0.15, 0.2) is 22.3 Å². The minimum Gasteiger partial charge on any atom is -0.490 e. The summed E-state index contributed by atoms with van der Waals surface area (Å²) >= 11 is 3.58. The van der Waals surface area contributed by atoms with Gasteiger partial charge >= 0.3 is 0 Å². The molecular weight excluding hydrogens is 358 g/mol. The highest BCUT2D eigenvalue weighted by molar-refractivity contribution is 9.10. The minimum absolute atomic E-state index is 0.349. The molecule has 0 amide bonds. The van der Waals surface area contributed by atoms with Crippen molar-refractivity contribution in [1.82, 2.24) is 4.90 Å². The van der Waals surface area contributed by atoms with E-state index < -0.39 is 0 Å². The molecule has 3 heterocycles. The SMILES string of the molecule is CCOc1cc(/C=C2\[C@@H](O)C3CCN2CC3)cc(Br)c1OCC. The maximum Gasteiger partial charge on any atom is 0.175 e. The monoisotopic (exact) mass is 381 g/mol. The quantitative estimate of drug-likeness (QED) is 0.844. The fourth-order valence-electron chi connectivity index (χ4n) is 3.47. The third-order valence-corrected chi connectivity index (χ3v) is 5.18. The van der Waals surface area contributed by atoms with Gasteiger partial charge in [0.15, 0.2) is 11.5 Å². The number of hydrogen-bond acceptors (Lipinski definition) is 4. The molecule has 2 bridgehead atoms. The summed E-state index contributed by atoms with van der Waals surface area (Å²) in [6, 6.07) is 4.01. The Morgan fingerprint density at radius 1 is 1.22 bits per heavy atom. The van der Waals surface area contributed by atoms with Crippen LogP contribution < -0.4 is 9.47 Å². The number of nitrogens with zero attached hydrogens (tertiary/aromatic N) is 1. The Kier molecular flexibility index (Phi) is 5.17. The Bertz CT molecular complexity index is 590. The van der Waals surface area contributed by atoms with Gasteiger partial charge in [0, 0.05) is 18.8 Å². The lowest BCUT2D eigenvalue weighted by atomic mass is 9.83. The Labute approximate surface area is 146 Å². The van der Waals surface area contributed by atoms with Crippen LogP contribution in [0.1, 0.15) is 32.3 Å². The van der Waals surface area contributed by atoms with Crippen molar-refractivity contribution in [2.24, 2.45) is 5.92 Å². The molecule has 4 nitrogen and oxygen atoms in total. The molecule has 5 heteroatoms. The second kappa shape index (κ2) is 7.14. The van der Waals surface area contributed by atoms with E-state index in [0.29, 0.717) is 19.1 Å². The van der Waals surface area contributed by atoms with Crippen molar-refractivity contribution in [2.45, 2.75) is 32.8 Å². The van der Waals surface area contributed by atoms with Crippen LogP contribution >= 0.6 is 15.9 Å². The molecule has 0 unspecified atom stereocenters. The summed E-state index contributed by atoms with van der Waals surface area (Å²) in [6.07, 6.45) is 3.92. The van der Waals surface area contributed by atoms with Gasteiger partial charge in [0.25, 0.3) is 0 Å². The van der Waals surface area contributed by atoms with Gasteiger partial charge in [-0.15, -0.1) is 0 Å². The van der Waals surface area contributed by atoms with Crippen molar-refractivity contribution in [1.29, 1.82) is 0 Å². The highest BCUT2D eigenvalue weighted by Gasteiger charge is 2.36. The van der Waals surface area contributed by atoms with E-state index in [-0.39, 0.29) is 6.10 Å². The fourth-order valence-corrected chi connectivity index (χ4v) is 4.04. The number of aliphatic hydroxyl groups is 1. The zero-order valence-corrected chi connectivity index (χ0v) is 15.3. The lowest BCUT2D eigenvalue weighted by molar-refractivity contribution is 0.0215. The first-order chi connectivity index (χ1) is 11.1. The van der Waals surface area contributed by atoms with Crippen LogP contribution in [0.2, 0.25) is 0 Å². The largest absolute Gasteiger partial charge is 0.490 e. The first-order valence-electron chi connectivity index (χ1n) is 8.37. The molecule has 4 rings (SSSR count). The van der Waals surface area contributed by atoms with Gasteiger partial charge in [-0.05, 0) is 72.3 Å². The number of piperidine rings is 3. The maximum atomic E-state index is 10.5. The highest BCUT2D eigenvalue weighted by atomic mass is 79.9. The average molecular weight is 382 g/mol. The van der Waals surface area contributed by atoms with E-state index in [9.17, 15) is 5.11 Å². The number of halogens is 1. The maximum absolute atomic E-state index is 10.5. The Morgan fingerprint density at radius 2 is 1.91 bits per heavy atom. The van der Waals surface area contributed by atoms with Crippen LogP contribution in [0.5, 0.6) is 11.5 Å². The first kappa shape index (κ1) is 16.7. The first-order valence-corrected chi connectivity index (χ1v) is 9.17. The molecule has 0 aliphatic carbocycles. The molecule has 1 aromatic rings. The van der Waals surface area contributed by atoms with Crippen LogP contribution in [0.3, 0.4) is 0 Å². The second-order valence-electron chi connectivity index (χ2n) is 6.03. The molecule has 0 radical (unpaired) electrons. The number of fused-ring (bicyclic) bond motifs is 3.